The number of hydrogen-bond donors (Lipinski definition) is 3. The maximum atomic E-state index is 5.45. The summed E-state index contributed by atoms with van der Waals surface area (Å²) >= 11 is 1.84. The van der Waals surface area contributed by atoms with Crippen LogP contribution in [-0.2, 0) is 0 Å². The lowest BCUT2D eigenvalue weighted by molar-refractivity contribution is 0.559. The van der Waals surface area contributed by atoms with Crippen molar-refractivity contribution in [2.45, 2.75) is 31.4 Å². The number of hydrazine groups is 1. The van der Waals surface area contributed by atoms with Crippen LogP contribution in [0, 0.1) is 0 Å². The fourth-order valence-electron chi connectivity index (χ4n) is 1.10. The highest BCUT2D eigenvalue weighted by Gasteiger charge is 2.24. The molecule has 4 nitrogen and oxygen atoms in total. The Hall–Kier alpha value is -0.420. The molecule has 0 aromatic carbocycles. The predicted octanol–water partition coefficient (Wildman–Crippen LogP) is 0.686. The van der Waals surface area contributed by atoms with Crippen molar-refractivity contribution in [2.75, 3.05) is 12.8 Å². The van der Waals surface area contributed by atoms with Gasteiger partial charge < -0.3 is 5.73 Å². The Morgan fingerprint density at radius 2 is 2.00 bits per heavy atom. The molecule has 0 heterocycles. The highest BCUT2D eigenvalue weighted by atomic mass is 32.2. The first-order chi connectivity index (χ1) is 6.14. The van der Waals surface area contributed by atoms with Crippen LogP contribution >= 0.6 is 11.8 Å². The van der Waals surface area contributed by atoms with E-state index in [2.05, 4.69) is 30.5 Å². The fourth-order valence-corrected chi connectivity index (χ4v) is 1.87. The van der Waals surface area contributed by atoms with E-state index in [4.69, 9.17) is 11.6 Å². The van der Waals surface area contributed by atoms with Gasteiger partial charge >= 0.3 is 0 Å². The first-order valence-corrected chi connectivity index (χ1v) is 5.68. The third-order valence-electron chi connectivity index (χ3n) is 2.41. The first kappa shape index (κ1) is 12.6. The number of hydrogen-bond acceptors (Lipinski definition) is 3. The van der Waals surface area contributed by atoms with E-state index < -0.39 is 0 Å². The SMILES string of the molecule is CCC(CC)(CN=C(N)NN)SC. The lowest BCUT2D eigenvalue weighted by atomic mass is 10.0. The molecule has 5 heteroatoms. The quantitative estimate of drug-likeness (QED) is 0.266. The molecule has 13 heavy (non-hydrogen) atoms. The number of nitrogens with two attached hydrogens (primary N) is 2. The minimum absolute atomic E-state index is 0.210. The van der Waals surface area contributed by atoms with E-state index >= 15 is 0 Å². The first-order valence-electron chi connectivity index (χ1n) is 4.45. The van der Waals surface area contributed by atoms with Crippen LogP contribution < -0.4 is 17.0 Å². The third-order valence-corrected chi connectivity index (χ3v) is 3.98. The van der Waals surface area contributed by atoms with Crippen molar-refractivity contribution in [1.29, 1.82) is 0 Å². The van der Waals surface area contributed by atoms with Gasteiger partial charge in [0.25, 0.3) is 0 Å². The van der Waals surface area contributed by atoms with E-state index in [-0.39, 0.29) is 4.75 Å². The molecule has 0 aromatic heterocycles. The van der Waals surface area contributed by atoms with E-state index in [9.17, 15) is 0 Å². The zero-order chi connectivity index (χ0) is 10.3. The normalized spacial score (nSPS) is 13.1. The number of rotatable bonds is 5. The van der Waals surface area contributed by atoms with Gasteiger partial charge in [-0.25, -0.2) is 5.84 Å². The van der Waals surface area contributed by atoms with E-state index in [0.717, 1.165) is 19.4 Å². The zero-order valence-corrected chi connectivity index (χ0v) is 9.45. The number of aliphatic imine (C=N–C) groups is 1. The Kier molecular flexibility index (Phi) is 5.90. The van der Waals surface area contributed by atoms with Crippen LogP contribution in [0.3, 0.4) is 0 Å². The van der Waals surface area contributed by atoms with Crippen LogP contribution in [0.25, 0.3) is 0 Å². The molecule has 0 fully saturated rings. The van der Waals surface area contributed by atoms with E-state index in [1.54, 1.807) is 0 Å². The number of nitrogens with zero attached hydrogens (tertiary/aromatic N) is 1. The summed E-state index contributed by atoms with van der Waals surface area (Å²) in [5.41, 5.74) is 7.78. The van der Waals surface area contributed by atoms with E-state index in [1.165, 1.54) is 0 Å². The van der Waals surface area contributed by atoms with Crippen LogP contribution in [0.15, 0.2) is 4.99 Å². The lowest BCUT2D eigenvalue weighted by Gasteiger charge is -2.27. The standard InChI is InChI=1S/C8H20N4S/c1-4-8(5-2,13-3)6-11-7(9)12-10/h4-6,10H2,1-3H3,(H3,9,11,12). The molecule has 0 saturated heterocycles. The fraction of sp³-hybridized carbons (Fsp3) is 0.875. The van der Waals surface area contributed by atoms with Crippen molar-refractivity contribution < 1.29 is 0 Å². The van der Waals surface area contributed by atoms with Crippen molar-refractivity contribution in [3.8, 4) is 0 Å². The molecular formula is C8H20N4S. The zero-order valence-electron chi connectivity index (χ0n) is 8.63. The number of nitrogens with one attached hydrogen (secondary N) is 1. The van der Waals surface area contributed by atoms with E-state index in [0.29, 0.717) is 5.96 Å². The van der Waals surface area contributed by atoms with E-state index in [1.807, 2.05) is 11.8 Å². The molecule has 0 bridgehead atoms. The maximum Gasteiger partial charge on any atom is 0.203 e. The molecule has 0 radical (unpaired) electrons. The minimum Gasteiger partial charge on any atom is -0.369 e. The van der Waals surface area contributed by atoms with Gasteiger partial charge in [0.2, 0.25) is 5.96 Å². The Bertz CT molecular complexity index is 157. The van der Waals surface area contributed by atoms with Gasteiger partial charge in [-0.15, -0.1) is 0 Å². The molecule has 78 valence electrons. The molecule has 0 aliphatic rings. The smallest absolute Gasteiger partial charge is 0.203 e. The largest absolute Gasteiger partial charge is 0.369 e. The van der Waals surface area contributed by atoms with Crippen LogP contribution in [0.2, 0.25) is 0 Å². The maximum absolute atomic E-state index is 5.45. The van der Waals surface area contributed by atoms with Crippen molar-refractivity contribution in [1.82, 2.24) is 5.43 Å². The van der Waals surface area contributed by atoms with Gasteiger partial charge in [-0.2, -0.15) is 11.8 Å². The van der Waals surface area contributed by atoms with Gasteiger partial charge in [0.05, 0.1) is 6.54 Å². The summed E-state index contributed by atoms with van der Waals surface area (Å²) in [7, 11) is 0. The second kappa shape index (κ2) is 6.10. The molecule has 0 saturated carbocycles. The van der Waals surface area contributed by atoms with Gasteiger partial charge in [-0.05, 0) is 19.1 Å². The van der Waals surface area contributed by atoms with Crippen molar-refractivity contribution >= 4 is 17.7 Å². The average molecular weight is 204 g/mol. The number of guanidine groups is 1. The summed E-state index contributed by atoms with van der Waals surface area (Å²) in [5, 5.41) is 0. The molecule has 0 atom stereocenters. The van der Waals surface area contributed by atoms with Crippen molar-refractivity contribution in [2.24, 2.45) is 16.6 Å². The Balaban J connectivity index is 4.25. The van der Waals surface area contributed by atoms with Gasteiger partial charge in [0.15, 0.2) is 0 Å². The van der Waals surface area contributed by atoms with Gasteiger partial charge in [-0.3, -0.25) is 10.4 Å². The minimum atomic E-state index is 0.210. The molecule has 0 unspecified atom stereocenters. The number of thioether (sulfide) groups is 1. The summed E-state index contributed by atoms with van der Waals surface area (Å²) in [4.78, 5) is 4.17. The van der Waals surface area contributed by atoms with Gasteiger partial charge in [0.1, 0.15) is 0 Å². The van der Waals surface area contributed by atoms with Gasteiger partial charge in [-0.1, -0.05) is 13.8 Å². The molecule has 0 aliphatic heterocycles. The van der Waals surface area contributed by atoms with Crippen LogP contribution in [-0.4, -0.2) is 23.5 Å². The second-order valence-electron chi connectivity index (χ2n) is 2.94. The van der Waals surface area contributed by atoms with Crippen molar-refractivity contribution in [3.05, 3.63) is 0 Å². The van der Waals surface area contributed by atoms with Crippen LogP contribution in [0.5, 0.6) is 0 Å². The topological polar surface area (TPSA) is 76.4 Å². The summed E-state index contributed by atoms with van der Waals surface area (Å²) in [6.07, 6.45) is 4.28. The van der Waals surface area contributed by atoms with Crippen LogP contribution in [0.4, 0.5) is 0 Å². The molecule has 0 aliphatic carbocycles. The highest BCUT2D eigenvalue weighted by molar-refractivity contribution is 8.00. The Labute approximate surface area is 84.5 Å². The monoisotopic (exact) mass is 204 g/mol. The second-order valence-corrected chi connectivity index (χ2v) is 4.21. The third kappa shape index (κ3) is 3.87. The highest BCUT2D eigenvalue weighted by Crippen LogP contribution is 2.30. The van der Waals surface area contributed by atoms with Crippen LogP contribution in [0.1, 0.15) is 26.7 Å². The molecule has 0 aromatic rings. The summed E-state index contributed by atoms with van der Waals surface area (Å²) < 4.78 is 0.210. The predicted molar refractivity (Wildman–Crippen MR) is 60.6 cm³/mol. The summed E-state index contributed by atoms with van der Waals surface area (Å²) in [6, 6.07) is 0. The molecule has 0 amide bonds. The summed E-state index contributed by atoms with van der Waals surface area (Å²) in [5.74, 6) is 5.42. The summed E-state index contributed by atoms with van der Waals surface area (Å²) in [6.45, 7) is 5.06. The molecular weight excluding hydrogens is 184 g/mol. The molecule has 5 N–H and O–H groups in total. The lowest BCUT2D eigenvalue weighted by Crippen LogP contribution is -2.38. The molecule has 0 rings (SSSR count). The average Bonchev–Trinajstić information content (AvgIpc) is 2.20. The van der Waals surface area contributed by atoms with Gasteiger partial charge in [0, 0.05) is 4.75 Å². The molecule has 0 spiro atoms. The Morgan fingerprint density at radius 3 is 2.31 bits per heavy atom. The Morgan fingerprint density at radius 1 is 1.46 bits per heavy atom. The van der Waals surface area contributed by atoms with Crippen molar-refractivity contribution in [3.63, 3.8) is 0 Å².